The third-order valence-electron chi connectivity index (χ3n) is 12.6. The highest BCUT2D eigenvalue weighted by atomic mass is 35.5. The van der Waals surface area contributed by atoms with Gasteiger partial charge in [-0.1, -0.05) is 59.6 Å². The summed E-state index contributed by atoms with van der Waals surface area (Å²) in [4.78, 5) is 63.3. The van der Waals surface area contributed by atoms with Gasteiger partial charge in [0.15, 0.2) is 0 Å². The number of carboxylic acid groups (broad SMARTS) is 1. The molecule has 1 aromatic carbocycles. The Labute approximate surface area is 357 Å². The lowest BCUT2D eigenvalue weighted by atomic mass is 9.85. The van der Waals surface area contributed by atoms with Crippen LogP contribution in [0.5, 0.6) is 11.5 Å². The Hall–Kier alpha value is -4.12. The van der Waals surface area contributed by atoms with E-state index in [4.69, 9.17) is 40.3 Å². The Balaban J connectivity index is 1.27. The summed E-state index contributed by atoms with van der Waals surface area (Å²) in [6, 6.07) is 3.15. The molecule has 0 bridgehead atoms. The molecule has 17 heteroatoms. The number of hydrogen-bond donors (Lipinski definition) is 4. The number of ether oxygens (including phenoxy) is 5. The molecule has 16 nitrogen and oxygen atoms in total. The van der Waals surface area contributed by atoms with Crippen molar-refractivity contribution in [1.29, 1.82) is 0 Å². The summed E-state index contributed by atoms with van der Waals surface area (Å²) in [5.74, 6) is -0.302. The van der Waals surface area contributed by atoms with Gasteiger partial charge in [-0.2, -0.15) is 0 Å². The maximum absolute atomic E-state index is 14.7. The number of halogens is 1. The fraction of sp³-hybridized carbons (Fsp3) is 0.698. The first-order valence-electron chi connectivity index (χ1n) is 21.3. The molecule has 4 N–H and O–H groups in total. The van der Waals surface area contributed by atoms with Gasteiger partial charge in [-0.15, -0.1) is 0 Å². The summed E-state index contributed by atoms with van der Waals surface area (Å²) in [5, 5.41) is 20.0. The molecule has 4 aliphatic rings. The number of aliphatic carboxylic acids is 1. The van der Waals surface area contributed by atoms with E-state index < -0.39 is 53.0 Å². The van der Waals surface area contributed by atoms with E-state index in [-0.39, 0.29) is 25.0 Å². The Morgan fingerprint density at radius 3 is 2.40 bits per heavy atom. The van der Waals surface area contributed by atoms with E-state index in [0.29, 0.717) is 97.4 Å². The number of amides is 3. The standard InChI is InChI=1S/C43H63ClN6O10/c1-8-27-23-43(27,40(53)54)48-38(51)31-21-29(24-50(31)39(52)37(42(4,5)6)47-41(55)60-28-19-25(2)26(3)20-28)59-33-22-34(45-11-15-56-7)46-36-30(33)9-10-32(35(36)44)58-18-14-49-12-16-57-17-13-49/h9-10,22,25-29,31,37H,8,11-21,23-24H2,1-7H3,(H,45,46)(H,47,55)(H,48,51)(H,53,54)/t25-,26?,27-,28?,29-,31+,37-,43-/m1/s1. The van der Waals surface area contributed by atoms with Crippen LogP contribution in [-0.4, -0.2) is 140 Å². The molecule has 0 radical (unpaired) electrons. The van der Waals surface area contributed by atoms with Gasteiger partial charge in [0, 0.05) is 51.2 Å². The van der Waals surface area contributed by atoms with E-state index in [2.05, 4.69) is 34.7 Å². The summed E-state index contributed by atoms with van der Waals surface area (Å²) in [5.41, 5.74) is -1.77. The van der Waals surface area contributed by atoms with E-state index >= 15 is 0 Å². The minimum absolute atomic E-state index is 0.0259. The second-order valence-corrected chi connectivity index (χ2v) is 18.3. The van der Waals surface area contributed by atoms with Gasteiger partial charge in [-0.05, 0) is 54.6 Å². The normalized spacial score (nSPS) is 27.3. The van der Waals surface area contributed by atoms with Gasteiger partial charge < -0.3 is 49.6 Å². The number of nitrogens with one attached hydrogen (secondary N) is 3. The predicted octanol–water partition coefficient (Wildman–Crippen LogP) is 4.95. The second kappa shape index (κ2) is 19.3. The third kappa shape index (κ3) is 10.5. The molecule has 2 aliphatic carbocycles. The number of methoxy groups -OCH3 is 1. The van der Waals surface area contributed by atoms with Crippen LogP contribution >= 0.6 is 11.6 Å². The fourth-order valence-electron chi connectivity index (χ4n) is 8.65. The van der Waals surface area contributed by atoms with E-state index in [1.165, 1.54) is 4.90 Å². The van der Waals surface area contributed by atoms with Crippen molar-refractivity contribution in [2.75, 3.05) is 71.6 Å². The molecule has 4 fully saturated rings. The van der Waals surface area contributed by atoms with E-state index in [0.717, 1.165) is 25.9 Å². The molecule has 6 rings (SSSR count). The minimum Gasteiger partial charge on any atom is -0.491 e. The molecule has 8 atom stereocenters. The molecular formula is C43H63ClN6O10. The van der Waals surface area contributed by atoms with E-state index in [9.17, 15) is 24.3 Å². The number of rotatable bonds is 17. The molecule has 0 spiro atoms. The highest BCUT2D eigenvalue weighted by Crippen LogP contribution is 2.46. The minimum atomic E-state index is -1.41. The zero-order chi connectivity index (χ0) is 43.4. The van der Waals surface area contributed by atoms with Gasteiger partial charge in [0.25, 0.3) is 0 Å². The average molecular weight is 859 g/mol. The Kier molecular flexibility index (Phi) is 14.6. The maximum Gasteiger partial charge on any atom is 0.408 e. The number of anilines is 1. The Morgan fingerprint density at radius 2 is 1.77 bits per heavy atom. The molecule has 2 unspecified atom stereocenters. The summed E-state index contributed by atoms with van der Waals surface area (Å²) >= 11 is 6.99. The van der Waals surface area contributed by atoms with E-state index in [1.807, 2.05) is 33.8 Å². The molecule has 60 heavy (non-hydrogen) atoms. The number of carbonyl (C=O) groups excluding carboxylic acids is 3. The lowest BCUT2D eigenvalue weighted by Crippen LogP contribution is -2.59. The number of carboxylic acids is 1. The van der Waals surface area contributed by atoms with Crippen LogP contribution in [0.3, 0.4) is 0 Å². The first-order chi connectivity index (χ1) is 28.5. The number of likely N-dealkylation sites (tertiary alicyclic amines) is 1. The van der Waals surface area contributed by atoms with Crippen molar-refractivity contribution in [2.45, 2.75) is 103 Å². The van der Waals surface area contributed by atoms with Gasteiger partial charge in [-0.25, -0.2) is 14.6 Å². The van der Waals surface area contributed by atoms with Crippen LogP contribution in [0.25, 0.3) is 10.9 Å². The van der Waals surface area contributed by atoms with Crippen molar-refractivity contribution in [3.8, 4) is 11.5 Å². The number of hydrogen-bond acceptors (Lipinski definition) is 12. The van der Waals surface area contributed by atoms with Crippen molar-refractivity contribution >= 4 is 52.2 Å². The highest BCUT2D eigenvalue weighted by Gasteiger charge is 2.61. The van der Waals surface area contributed by atoms with Crippen LogP contribution in [0, 0.1) is 23.2 Å². The number of benzene rings is 1. The first-order valence-corrected chi connectivity index (χ1v) is 21.7. The molecule has 2 saturated carbocycles. The summed E-state index contributed by atoms with van der Waals surface area (Å²) in [6.45, 7) is 16.6. The van der Waals surface area contributed by atoms with Gasteiger partial charge in [-0.3, -0.25) is 14.5 Å². The van der Waals surface area contributed by atoms with Gasteiger partial charge in [0.05, 0.1) is 31.9 Å². The predicted molar refractivity (Wildman–Crippen MR) is 226 cm³/mol. The van der Waals surface area contributed by atoms with Crippen LogP contribution in [-0.2, 0) is 28.6 Å². The lowest BCUT2D eigenvalue weighted by molar-refractivity contribution is -0.146. The van der Waals surface area contributed by atoms with Crippen LogP contribution in [0.1, 0.15) is 73.6 Å². The quantitative estimate of drug-likeness (QED) is 0.157. The van der Waals surface area contributed by atoms with Crippen LogP contribution < -0.4 is 25.4 Å². The summed E-state index contributed by atoms with van der Waals surface area (Å²) < 4.78 is 29.4. The monoisotopic (exact) mass is 858 g/mol. The summed E-state index contributed by atoms with van der Waals surface area (Å²) in [6.07, 6.45) is 0.710. The Bertz CT molecular complexity index is 1860. The molecule has 2 aliphatic heterocycles. The van der Waals surface area contributed by atoms with Crippen LogP contribution in [0.4, 0.5) is 10.6 Å². The fourth-order valence-corrected chi connectivity index (χ4v) is 8.91. The Morgan fingerprint density at radius 1 is 1.05 bits per heavy atom. The number of aromatic nitrogens is 1. The van der Waals surface area contributed by atoms with Crippen molar-refractivity contribution in [3.05, 3.63) is 23.2 Å². The number of alkyl carbamates (subject to hydrolysis) is 1. The number of pyridine rings is 1. The summed E-state index contributed by atoms with van der Waals surface area (Å²) in [7, 11) is 1.60. The van der Waals surface area contributed by atoms with Crippen molar-refractivity contribution in [3.63, 3.8) is 0 Å². The lowest BCUT2D eigenvalue weighted by Gasteiger charge is -2.35. The van der Waals surface area contributed by atoms with Gasteiger partial charge in [0.1, 0.15) is 58.8 Å². The van der Waals surface area contributed by atoms with E-state index in [1.54, 1.807) is 19.2 Å². The van der Waals surface area contributed by atoms with Crippen molar-refractivity contribution in [2.24, 2.45) is 23.2 Å². The number of carbonyl (C=O) groups is 4. The van der Waals surface area contributed by atoms with Gasteiger partial charge in [0.2, 0.25) is 11.8 Å². The average Bonchev–Trinajstić information content (AvgIpc) is 3.61. The van der Waals surface area contributed by atoms with Crippen LogP contribution in [0.2, 0.25) is 5.02 Å². The smallest absolute Gasteiger partial charge is 0.408 e. The largest absolute Gasteiger partial charge is 0.491 e. The molecular weight excluding hydrogens is 796 g/mol. The molecule has 1 aromatic heterocycles. The molecule has 3 heterocycles. The van der Waals surface area contributed by atoms with Crippen molar-refractivity contribution in [1.82, 2.24) is 25.4 Å². The molecule has 2 saturated heterocycles. The zero-order valence-electron chi connectivity index (χ0n) is 36.0. The van der Waals surface area contributed by atoms with Crippen molar-refractivity contribution < 1.29 is 48.0 Å². The highest BCUT2D eigenvalue weighted by molar-refractivity contribution is 6.36. The number of morpholine rings is 1. The first kappa shape index (κ1) is 45.4. The third-order valence-corrected chi connectivity index (χ3v) is 13.0. The number of fused-ring (bicyclic) bond motifs is 1. The maximum atomic E-state index is 14.7. The second-order valence-electron chi connectivity index (χ2n) is 18.0. The topological polar surface area (TPSA) is 190 Å². The molecule has 3 amide bonds. The zero-order valence-corrected chi connectivity index (χ0v) is 36.8. The SMILES string of the molecule is CC[C@@H]1C[C@]1(NC(=O)[C@@H]1C[C@@H](Oc2cc(NCCOC)nc3c(Cl)c(OCCN4CCOCC4)ccc23)CN1C(=O)[C@@H](NC(=O)OC1CC(C)[C@H](C)C1)C(C)(C)C)C(=O)O. The van der Waals surface area contributed by atoms with Crippen LogP contribution in [0.15, 0.2) is 18.2 Å². The number of nitrogens with zero attached hydrogens (tertiary/aromatic N) is 3. The molecule has 332 valence electrons. The van der Waals surface area contributed by atoms with Gasteiger partial charge >= 0.3 is 12.1 Å². The molecule has 2 aromatic rings.